The van der Waals surface area contributed by atoms with Crippen molar-refractivity contribution in [3.05, 3.63) is 29.7 Å². The number of para-hydroxylation sites is 1. The lowest BCUT2D eigenvalue weighted by molar-refractivity contribution is 0.0463. The maximum Gasteiger partial charge on any atom is 0.253 e. The zero-order valence-corrected chi connectivity index (χ0v) is 16.6. The number of nitrogens with zero attached hydrogens (tertiary/aromatic N) is 2. The number of carbonyl (C=O) groups is 1. The van der Waals surface area contributed by atoms with Crippen LogP contribution in [0.5, 0.6) is 0 Å². The van der Waals surface area contributed by atoms with E-state index in [1.54, 1.807) is 0 Å². The van der Waals surface area contributed by atoms with E-state index >= 15 is 0 Å². The summed E-state index contributed by atoms with van der Waals surface area (Å²) < 4.78 is 6.04. The number of rotatable bonds is 3. The molecule has 6 nitrogen and oxygen atoms in total. The van der Waals surface area contributed by atoms with Gasteiger partial charge in [0.25, 0.3) is 5.91 Å². The highest BCUT2D eigenvalue weighted by molar-refractivity contribution is 6.04. The molecule has 3 aliphatic rings. The average molecular weight is 383 g/mol. The van der Waals surface area contributed by atoms with Crippen LogP contribution in [-0.2, 0) is 0 Å². The molecule has 1 amide bonds. The molecule has 0 spiro atoms. The molecule has 2 N–H and O–H groups in total. The second-order valence-corrected chi connectivity index (χ2v) is 8.77. The van der Waals surface area contributed by atoms with Gasteiger partial charge in [-0.15, -0.1) is 0 Å². The van der Waals surface area contributed by atoms with Crippen LogP contribution >= 0.6 is 0 Å². The molecule has 3 saturated heterocycles. The Morgan fingerprint density at radius 2 is 1.93 bits per heavy atom. The minimum atomic E-state index is -0.0108. The first-order valence-electron chi connectivity index (χ1n) is 10.8. The van der Waals surface area contributed by atoms with Crippen molar-refractivity contribution in [1.82, 2.24) is 20.5 Å². The molecule has 0 aliphatic carbocycles. The van der Waals surface area contributed by atoms with Crippen molar-refractivity contribution in [2.24, 2.45) is 0 Å². The minimum Gasteiger partial charge on any atom is -0.440 e. The minimum absolute atomic E-state index is 0.0108. The number of carbonyl (C=O) groups excluding carboxylic acids is 1. The summed E-state index contributed by atoms with van der Waals surface area (Å²) in [6, 6.07) is 7.16. The summed E-state index contributed by atoms with van der Waals surface area (Å²) in [6.07, 6.45) is 7.98. The monoisotopic (exact) mass is 382 g/mol. The second kappa shape index (κ2) is 7.48. The van der Waals surface area contributed by atoms with E-state index in [9.17, 15) is 4.79 Å². The van der Waals surface area contributed by atoms with Crippen molar-refractivity contribution in [2.45, 2.75) is 69.0 Å². The molecule has 6 heteroatoms. The summed E-state index contributed by atoms with van der Waals surface area (Å²) in [4.78, 5) is 20.4. The Kier molecular flexibility index (Phi) is 4.85. The average Bonchev–Trinajstić information content (AvgIpc) is 3.14. The molecule has 2 bridgehead atoms. The van der Waals surface area contributed by atoms with Crippen LogP contribution in [0.15, 0.2) is 22.6 Å². The standard InChI is InChI=1S/C22H30N4O2/c1-26-16-4-2-5-17(26)13-15(12-16)24-21(27)18-6-3-7-19-20(18)25-22(28-19)14-8-10-23-11-9-14/h3,6-7,14-17,23H,2,4-5,8-13H2,1H3,(H,24,27). The molecule has 3 fully saturated rings. The van der Waals surface area contributed by atoms with Crippen molar-refractivity contribution in [3.8, 4) is 0 Å². The number of hydrogen-bond acceptors (Lipinski definition) is 5. The Morgan fingerprint density at radius 1 is 1.18 bits per heavy atom. The molecule has 1 aromatic carbocycles. The van der Waals surface area contributed by atoms with Crippen molar-refractivity contribution in [3.63, 3.8) is 0 Å². The van der Waals surface area contributed by atoms with Crippen LogP contribution < -0.4 is 10.6 Å². The Bertz CT molecular complexity index is 843. The first-order chi connectivity index (χ1) is 13.7. The van der Waals surface area contributed by atoms with Gasteiger partial charge in [-0.3, -0.25) is 4.79 Å². The van der Waals surface area contributed by atoms with E-state index in [2.05, 4.69) is 22.6 Å². The van der Waals surface area contributed by atoms with Gasteiger partial charge in [-0.05, 0) is 70.8 Å². The SMILES string of the molecule is CN1C2CCCC1CC(NC(=O)c1cccc3oc(C4CCNCC4)nc13)C2. The maximum atomic E-state index is 13.1. The Hall–Kier alpha value is -1.92. The van der Waals surface area contributed by atoms with Crippen LogP contribution in [0.3, 0.4) is 0 Å². The van der Waals surface area contributed by atoms with Gasteiger partial charge in [-0.25, -0.2) is 4.98 Å². The fourth-order valence-corrected chi connectivity index (χ4v) is 5.39. The molecule has 2 aromatic rings. The number of amides is 1. The third kappa shape index (κ3) is 3.33. The van der Waals surface area contributed by atoms with Gasteiger partial charge in [0.05, 0.1) is 5.56 Å². The van der Waals surface area contributed by atoms with E-state index in [1.165, 1.54) is 19.3 Å². The number of piperidine rings is 3. The first kappa shape index (κ1) is 18.1. The van der Waals surface area contributed by atoms with Crippen molar-refractivity contribution < 1.29 is 9.21 Å². The molecule has 4 heterocycles. The zero-order valence-electron chi connectivity index (χ0n) is 16.6. The normalized spacial score (nSPS) is 29.1. The van der Waals surface area contributed by atoms with Crippen molar-refractivity contribution in [1.29, 1.82) is 0 Å². The van der Waals surface area contributed by atoms with Gasteiger partial charge in [0.15, 0.2) is 11.5 Å². The molecule has 28 heavy (non-hydrogen) atoms. The second-order valence-electron chi connectivity index (χ2n) is 8.77. The molecular formula is C22H30N4O2. The number of nitrogens with one attached hydrogen (secondary N) is 2. The molecule has 150 valence electrons. The third-order valence-electron chi connectivity index (χ3n) is 7.04. The number of fused-ring (bicyclic) bond motifs is 3. The van der Waals surface area contributed by atoms with Gasteiger partial charge in [-0.1, -0.05) is 12.5 Å². The lowest BCUT2D eigenvalue weighted by Gasteiger charge is -2.47. The molecular weight excluding hydrogens is 352 g/mol. The molecule has 1 aromatic heterocycles. The number of hydrogen-bond donors (Lipinski definition) is 2. The highest BCUT2D eigenvalue weighted by atomic mass is 16.3. The lowest BCUT2D eigenvalue weighted by Crippen LogP contribution is -2.55. The van der Waals surface area contributed by atoms with E-state index in [0.29, 0.717) is 29.1 Å². The van der Waals surface area contributed by atoms with E-state index in [4.69, 9.17) is 9.40 Å². The molecule has 3 aliphatic heterocycles. The topological polar surface area (TPSA) is 70.4 Å². The summed E-state index contributed by atoms with van der Waals surface area (Å²) in [6.45, 7) is 1.99. The van der Waals surface area contributed by atoms with Gasteiger partial charge >= 0.3 is 0 Å². The van der Waals surface area contributed by atoms with Gasteiger partial charge < -0.3 is 20.0 Å². The molecule has 0 saturated carbocycles. The third-order valence-corrected chi connectivity index (χ3v) is 7.04. The fourth-order valence-electron chi connectivity index (χ4n) is 5.39. The van der Waals surface area contributed by atoms with Crippen molar-refractivity contribution >= 4 is 17.0 Å². The summed E-state index contributed by atoms with van der Waals surface area (Å²) in [5, 5.41) is 6.68. The van der Waals surface area contributed by atoms with Gasteiger partial charge in [-0.2, -0.15) is 0 Å². The zero-order chi connectivity index (χ0) is 19.1. The van der Waals surface area contributed by atoms with Crippen LogP contribution in [-0.4, -0.2) is 54.1 Å². The first-order valence-corrected chi connectivity index (χ1v) is 10.8. The smallest absolute Gasteiger partial charge is 0.253 e. The molecule has 0 radical (unpaired) electrons. The van der Waals surface area contributed by atoms with Crippen molar-refractivity contribution in [2.75, 3.05) is 20.1 Å². The number of oxazole rings is 1. The van der Waals surface area contributed by atoms with E-state index in [0.717, 1.165) is 50.2 Å². The summed E-state index contributed by atoms with van der Waals surface area (Å²) in [7, 11) is 2.24. The fraction of sp³-hybridized carbons (Fsp3) is 0.636. The number of aromatic nitrogens is 1. The molecule has 2 unspecified atom stereocenters. The maximum absolute atomic E-state index is 13.1. The van der Waals surface area contributed by atoms with Gasteiger partial charge in [0.1, 0.15) is 5.52 Å². The Labute approximate surface area is 166 Å². The van der Waals surface area contributed by atoms with Crippen LogP contribution in [0.25, 0.3) is 11.1 Å². The predicted octanol–water partition coefficient (Wildman–Crippen LogP) is 3.04. The van der Waals surface area contributed by atoms with Crippen LogP contribution in [0.2, 0.25) is 0 Å². The number of benzene rings is 1. The Balaban J connectivity index is 1.35. The van der Waals surface area contributed by atoms with Crippen LogP contribution in [0, 0.1) is 0 Å². The van der Waals surface area contributed by atoms with Gasteiger partial charge in [0, 0.05) is 24.0 Å². The Morgan fingerprint density at radius 3 is 2.68 bits per heavy atom. The quantitative estimate of drug-likeness (QED) is 0.854. The summed E-state index contributed by atoms with van der Waals surface area (Å²) in [5.74, 6) is 1.12. The van der Waals surface area contributed by atoms with Crippen LogP contribution in [0.4, 0.5) is 0 Å². The summed E-state index contributed by atoms with van der Waals surface area (Å²) in [5.41, 5.74) is 2.08. The lowest BCUT2D eigenvalue weighted by atomic mass is 9.82. The predicted molar refractivity (Wildman–Crippen MR) is 109 cm³/mol. The highest BCUT2D eigenvalue weighted by Crippen LogP contribution is 2.33. The summed E-state index contributed by atoms with van der Waals surface area (Å²) >= 11 is 0. The largest absolute Gasteiger partial charge is 0.440 e. The van der Waals surface area contributed by atoms with Crippen LogP contribution in [0.1, 0.15) is 67.1 Å². The van der Waals surface area contributed by atoms with Gasteiger partial charge in [0.2, 0.25) is 0 Å². The molecule has 2 atom stereocenters. The van der Waals surface area contributed by atoms with E-state index < -0.39 is 0 Å². The van der Waals surface area contributed by atoms with E-state index in [1.807, 2.05) is 18.2 Å². The van der Waals surface area contributed by atoms with E-state index in [-0.39, 0.29) is 11.9 Å². The molecule has 5 rings (SSSR count). The highest BCUT2D eigenvalue weighted by Gasteiger charge is 2.36.